The van der Waals surface area contributed by atoms with Crippen LogP contribution in [-0.4, -0.2) is 30.5 Å². The maximum atomic E-state index is 11.2. The second kappa shape index (κ2) is 9.34. The number of primary amides is 1. The molecule has 0 unspecified atom stereocenters. The van der Waals surface area contributed by atoms with Crippen LogP contribution in [0.15, 0.2) is 12.3 Å². The van der Waals surface area contributed by atoms with Gasteiger partial charge in [0.05, 0.1) is 6.54 Å². The van der Waals surface area contributed by atoms with Crippen LogP contribution in [0.3, 0.4) is 0 Å². The smallest absolute Gasteiger partial charge is 0.236 e. The molecule has 1 aromatic heterocycles. The Morgan fingerprint density at radius 1 is 1.38 bits per heavy atom. The first-order valence-corrected chi connectivity index (χ1v) is 7.78. The van der Waals surface area contributed by atoms with Gasteiger partial charge in [-0.2, -0.15) is 0 Å². The highest BCUT2D eigenvalue weighted by atomic mass is 16.1. The Kier molecular flexibility index (Phi) is 7.75. The highest BCUT2D eigenvalue weighted by molar-refractivity contribution is 5.79. The Hall–Kier alpha value is -1.62. The van der Waals surface area contributed by atoms with E-state index in [-0.39, 0.29) is 12.5 Å². The Bertz CT molecular complexity index is 448. The molecular weight excluding hydrogens is 264 g/mol. The van der Waals surface area contributed by atoms with Gasteiger partial charge in [0.25, 0.3) is 0 Å². The number of anilines is 1. The van der Waals surface area contributed by atoms with E-state index < -0.39 is 0 Å². The van der Waals surface area contributed by atoms with Gasteiger partial charge < -0.3 is 16.0 Å². The van der Waals surface area contributed by atoms with E-state index in [1.54, 1.807) is 0 Å². The number of hydrogen-bond acceptors (Lipinski definition) is 4. The molecule has 5 nitrogen and oxygen atoms in total. The molecule has 21 heavy (non-hydrogen) atoms. The zero-order chi connectivity index (χ0) is 15.7. The summed E-state index contributed by atoms with van der Waals surface area (Å²) in [5.74, 6) is 0.544. The van der Waals surface area contributed by atoms with Crippen LogP contribution in [0.2, 0.25) is 0 Å². The van der Waals surface area contributed by atoms with Crippen LogP contribution in [0.4, 0.5) is 5.82 Å². The van der Waals surface area contributed by atoms with Crippen LogP contribution in [0.25, 0.3) is 0 Å². The van der Waals surface area contributed by atoms with Crippen molar-refractivity contribution < 1.29 is 4.79 Å². The molecule has 1 amide bonds. The maximum Gasteiger partial charge on any atom is 0.236 e. The monoisotopic (exact) mass is 292 g/mol. The van der Waals surface area contributed by atoms with Crippen LogP contribution in [0, 0.1) is 6.92 Å². The van der Waals surface area contributed by atoms with Crippen molar-refractivity contribution in [1.29, 1.82) is 0 Å². The summed E-state index contributed by atoms with van der Waals surface area (Å²) >= 11 is 0. The lowest BCUT2D eigenvalue weighted by atomic mass is 10.2. The van der Waals surface area contributed by atoms with E-state index in [0.29, 0.717) is 0 Å². The third-order valence-electron chi connectivity index (χ3n) is 3.29. The first kappa shape index (κ1) is 17.4. The average molecular weight is 292 g/mol. The molecule has 0 radical (unpaired) electrons. The summed E-state index contributed by atoms with van der Waals surface area (Å²) in [4.78, 5) is 17.8. The molecule has 0 fully saturated rings. The molecule has 0 atom stereocenters. The number of carbonyl (C=O) groups excluding carboxylic acids is 1. The molecule has 3 N–H and O–H groups in total. The fourth-order valence-corrected chi connectivity index (χ4v) is 2.26. The minimum Gasteiger partial charge on any atom is -0.368 e. The van der Waals surface area contributed by atoms with Crippen molar-refractivity contribution in [3.05, 3.63) is 23.4 Å². The van der Waals surface area contributed by atoms with Gasteiger partial charge in [-0.05, 0) is 43.5 Å². The normalized spacial score (nSPS) is 10.6. The van der Waals surface area contributed by atoms with Crippen molar-refractivity contribution in [2.24, 2.45) is 5.73 Å². The van der Waals surface area contributed by atoms with E-state index in [0.717, 1.165) is 50.3 Å². The largest absolute Gasteiger partial charge is 0.368 e. The number of carbonyl (C=O) groups is 1. The van der Waals surface area contributed by atoms with Gasteiger partial charge in [-0.3, -0.25) is 4.79 Å². The molecule has 0 aromatic carbocycles. The molecule has 0 aliphatic rings. The van der Waals surface area contributed by atoms with Gasteiger partial charge in [0, 0.05) is 19.3 Å². The summed E-state index contributed by atoms with van der Waals surface area (Å²) in [5, 5.41) is 3.37. The number of pyridine rings is 1. The number of nitrogens with zero attached hydrogens (tertiary/aromatic N) is 2. The van der Waals surface area contributed by atoms with Crippen molar-refractivity contribution >= 4 is 11.7 Å². The van der Waals surface area contributed by atoms with Gasteiger partial charge in [0.15, 0.2) is 0 Å². The zero-order valence-electron chi connectivity index (χ0n) is 13.5. The molecule has 118 valence electrons. The average Bonchev–Trinajstić information content (AvgIpc) is 2.44. The van der Waals surface area contributed by atoms with Crippen LogP contribution in [0.1, 0.15) is 44.2 Å². The molecule has 0 aliphatic carbocycles. The molecule has 0 saturated heterocycles. The van der Waals surface area contributed by atoms with Crippen LogP contribution in [-0.2, 0) is 11.3 Å². The molecule has 0 aliphatic heterocycles. The summed E-state index contributed by atoms with van der Waals surface area (Å²) in [7, 11) is 0. The maximum absolute atomic E-state index is 11.2. The molecule has 5 heteroatoms. The number of aryl methyl sites for hydroxylation is 1. The lowest BCUT2D eigenvalue weighted by Crippen LogP contribution is -2.35. The van der Waals surface area contributed by atoms with Gasteiger partial charge in [0.1, 0.15) is 5.82 Å². The molecular formula is C16H28N4O. The van der Waals surface area contributed by atoms with Crippen LogP contribution in [0.5, 0.6) is 0 Å². The van der Waals surface area contributed by atoms with Crippen molar-refractivity contribution in [3.63, 3.8) is 0 Å². The van der Waals surface area contributed by atoms with E-state index in [4.69, 9.17) is 5.73 Å². The number of rotatable bonds is 10. The lowest BCUT2D eigenvalue weighted by molar-refractivity contribution is -0.116. The van der Waals surface area contributed by atoms with Crippen molar-refractivity contribution in [2.75, 3.05) is 24.5 Å². The van der Waals surface area contributed by atoms with E-state index in [2.05, 4.69) is 30.2 Å². The first-order chi connectivity index (χ1) is 10.1. The van der Waals surface area contributed by atoms with Gasteiger partial charge in [-0.15, -0.1) is 0 Å². The van der Waals surface area contributed by atoms with Crippen LogP contribution < -0.4 is 16.0 Å². The third-order valence-corrected chi connectivity index (χ3v) is 3.29. The van der Waals surface area contributed by atoms with E-state index in [1.165, 1.54) is 5.56 Å². The van der Waals surface area contributed by atoms with Gasteiger partial charge >= 0.3 is 0 Å². The van der Waals surface area contributed by atoms with Crippen LogP contribution >= 0.6 is 0 Å². The highest BCUT2D eigenvalue weighted by Crippen LogP contribution is 2.18. The number of hydrogen-bond donors (Lipinski definition) is 2. The molecule has 0 saturated carbocycles. The Balaban J connectivity index is 2.80. The molecule has 1 aromatic rings. The van der Waals surface area contributed by atoms with E-state index in [1.807, 2.05) is 18.0 Å². The minimum absolute atomic E-state index is 0.223. The second-order valence-electron chi connectivity index (χ2n) is 5.40. The summed E-state index contributed by atoms with van der Waals surface area (Å²) in [5.41, 5.74) is 7.60. The predicted molar refractivity (Wildman–Crippen MR) is 87.3 cm³/mol. The van der Waals surface area contributed by atoms with Gasteiger partial charge in [-0.25, -0.2) is 4.98 Å². The minimum atomic E-state index is -0.319. The number of amides is 1. The Morgan fingerprint density at radius 2 is 2.14 bits per heavy atom. The number of aromatic nitrogens is 1. The third kappa shape index (κ3) is 6.12. The van der Waals surface area contributed by atoms with Gasteiger partial charge in [-0.1, -0.05) is 20.3 Å². The summed E-state index contributed by atoms with van der Waals surface area (Å²) in [6.45, 7) is 9.17. The number of unbranched alkanes of at least 4 members (excludes halogenated alkanes) is 1. The number of nitrogens with one attached hydrogen (secondary N) is 1. The van der Waals surface area contributed by atoms with E-state index >= 15 is 0 Å². The quantitative estimate of drug-likeness (QED) is 0.647. The summed E-state index contributed by atoms with van der Waals surface area (Å²) in [6.07, 6.45) is 5.10. The fraction of sp³-hybridized carbons (Fsp3) is 0.625. The Labute approximate surface area is 127 Å². The zero-order valence-corrected chi connectivity index (χ0v) is 13.5. The lowest BCUT2D eigenvalue weighted by Gasteiger charge is -2.24. The summed E-state index contributed by atoms with van der Waals surface area (Å²) < 4.78 is 0. The molecule has 0 bridgehead atoms. The summed E-state index contributed by atoms with van der Waals surface area (Å²) in [6, 6.07) is 2.13. The second-order valence-corrected chi connectivity index (χ2v) is 5.40. The van der Waals surface area contributed by atoms with Crippen molar-refractivity contribution in [3.8, 4) is 0 Å². The predicted octanol–water partition coefficient (Wildman–Crippen LogP) is 1.98. The van der Waals surface area contributed by atoms with Gasteiger partial charge in [0.2, 0.25) is 5.91 Å². The van der Waals surface area contributed by atoms with Crippen molar-refractivity contribution in [2.45, 2.75) is 46.6 Å². The standard InChI is InChI=1S/C16H28N4O/c1-4-6-8-20(12-15(17)21)16-13(3)9-14(11-19-16)10-18-7-5-2/h9,11,18H,4-8,10,12H2,1-3H3,(H2,17,21). The Morgan fingerprint density at radius 3 is 2.71 bits per heavy atom. The SMILES string of the molecule is CCCCN(CC(N)=O)c1ncc(CNCCC)cc1C. The fourth-order valence-electron chi connectivity index (χ4n) is 2.26. The molecule has 0 spiro atoms. The van der Waals surface area contributed by atoms with E-state index in [9.17, 15) is 4.79 Å². The topological polar surface area (TPSA) is 71.2 Å². The molecule has 1 rings (SSSR count). The molecule has 1 heterocycles. The van der Waals surface area contributed by atoms with Crippen molar-refractivity contribution in [1.82, 2.24) is 10.3 Å². The first-order valence-electron chi connectivity index (χ1n) is 7.78. The highest BCUT2D eigenvalue weighted by Gasteiger charge is 2.13. The number of nitrogens with two attached hydrogens (primary N) is 1.